The number of rotatable bonds is 5. The number of anilines is 1. The van der Waals surface area contributed by atoms with Crippen LogP contribution in [0.15, 0.2) is 27.8 Å². The van der Waals surface area contributed by atoms with E-state index in [2.05, 4.69) is 5.32 Å². The highest BCUT2D eigenvalue weighted by atomic mass is 32.2. The van der Waals surface area contributed by atoms with Crippen molar-refractivity contribution >= 4 is 34.0 Å². The van der Waals surface area contributed by atoms with Crippen LogP contribution in [-0.2, 0) is 16.6 Å². The molecule has 1 aromatic heterocycles. The fraction of sp³-hybridized carbons (Fsp3) is 0.450. The first-order valence-electron chi connectivity index (χ1n) is 9.11. The first kappa shape index (κ1) is 25.2. The van der Waals surface area contributed by atoms with Crippen LogP contribution in [-0.4, -0.2) is 15.3 Å². The number of hydrogen-bond acceptors (Lipinski definition) is 4. The quantitative estimate of drug-likeness (QED) is 0.544. The summed E-state index contributed by atoms with van der Waals surface area (Å²) in [5.41, 5.74) is 7.21. The Hall–Kier alpha value is -1.81. The lowest BCUT2D eigenvalue weighted by Gasteiger charge is -2.19. The molecule has 0 saturated heterocycles. The van der Waals surface area contributed by atoms with Crippen molar-refractivity contribution in [2.45, 2.75) is 63.2 Å². The monoisotopic (exact) mass is 443 g/mol. The predicted octanol–water partition coefficient (Wildman–Crippen LogP) is 4.52. The highest BCUT2D eigenvalue weighted by Crippen LogP contribution is 2.33. The van der Waals surface area contributed by atoms with Gasteiger partial charge in [0.05, 0.1) is 5.60 Å². The second kappa shape index (κ2) is 10.3. The van der Waals surface area contributed by atoms with Crippen LogP contribution in [0.5, 0.6) is 0 Å². The molecular weight excluding hydrogens is 413 g/mol. The molecule has 2 rings (SSSR count). The number of halogens is 1. The molecular formula is C20H30FN3O3S2. The molecule has 29 heavy (non-hydrogen) atoms. The molecule has 2 amide bonds. The Morgan fingerprint density at radius 1 is 1.17 bits per heavy atom. The third-order valence-electron chi connectivity index (χ3n) is 4.14. The molecule has 2 aromatic rings. The second-order valence-corrected chi connectivity index (χ2v) is 9.97. The van der Waals surface area contributed by atoms with Crippen LogP contribution in [0.25, 0.3) is 0 Å². The zero-order valence-electron chi connectivity index (χ0n) is 17.6. The van der Waals surface area contributed by atoms with Crippen LogP contribution >= 0.6 is 11.3 Å². The van der Waals surface area contributed by atoms with Crippen molar-refractivity contribution in [3.8, 4) is 0 Å². The second-order valence-electron chi connectivity index (χ2n) is 7.77. The lowest BCUT2D eigenvalue weighted by molar-refractivity contribution is 0.0789. The zero-order valence-corrected chi connectivity index (χ0v) is 19.2. The van der Waals surface area contributed by atoms with Crippen LogP contribution in [0.2, 0.25) is 0 Å². The standard InChI is InChI=1S/C13H19FN2O.C7H11NO2S2/c1-7(2)10-5-9(14)6-11(8(3)4)12(10)16-13(15)17;1-7(2,9)5-3-6(11-4-5)12(8)10/h5-8H,1-4H3,(H3,15,16,17);3-4,9H,8H2,1-2H3. The van der Waals surface area contributed by atoms with E-state index in [0.29, 0.717) is 9.90 Å². The first-order chi connectivity index (χ1) is 13.2. The number of benzene rings is 1. The van der Waals surface area contributed by atoms with Crippen LogP contribution in [0.3, 0.4) is 0 Å². The molecule has 9 heteroatoms. The number of carbonyl (C=O) groups excluding carboxylic acids is 1. The topological polar surface area (TPSA) is 118 Å². The molecule has 0 bridgehead atoms. The van der Waals surface area contributed by atoms with Crippen LogP contribution in [0, 0.1) is 5.82 Å². The summed E-state index contributed by atoms with van der Waals surface area (Å²) in [7, 11) is -1.44. The molecule has 6 N–H and O–H groups in total. The largest absolute Gasteiger partial charge is 0.386 e. The minimum absolute atomic E-state index is 0.116. The summed E-state index contributed by atoms with van der Waals surface area (Å²) < 4.78 is 24.9. The molecule has 1 heterocycles. The van der Waals surface area contributed by atoms with Gasteiger partial charge in [-0.2, -0.15) is 0 Å². The highest BCUT2D eigenvalue weighted by molar-refractivity contribution is 7.85. The van der Waals surface area contributed by atoms with Crippen molar-refractivity contribution in [3.05, 3.63) is 46.1 Å². The summed E-state index contributed by atoms with van der Waals surface area (Å²) in [5, 5.41) is 19.1. The average Bonchev–Trinajstić information content (AvgIpc) is 3.06. The Bertz CT molecular complexity index is 845. The van der Waals surface area contributed by atoms with Gasteiger partial charge in [-0.05, 0) is 66.0 Å². The summed E-state index contributed by atoms with van der Waals surface area (Å²) >= 11 is 1.30. The summed E-state index contributed by atoms with van der Waals surface area (Å²) in [6, 6.07) is 3.94. The Morgan fingerprint density at radius 2 is 1.66 bits per heavy atom. The molecule has 1 atom stereocenters. The SMILES string of the molecule is CC(C)(O)c1csc(S(N)=O)c1.CC(C)c1cc(F)cc(C(C)C)c1NC(N)=O. The van der Waals surface area contributed by atoms with E-state index < -0.39 is 22.6 Å². The number of thiophene rings is 1. The molecule has 0 spiro atoms. The number of hydrogen-bond donors (Lipinski definition) is 4. The van der Waals surface area contributed by atoms with Gasteiger partial charge in [-0.3, -0.25) is 0 Å². The summed E-state index contributed by atoms with van der Waals surface area (Å²) in [6.45, 7) is 11.2. The lowest BCUT2D eigenvalue weighted by Crippen LogP contribution is -2.22. The number of amides is 2. The van der Waals surface area contributed by atoms with Gasteiger partial charge in [-0.15, -0.1) is 11.3 Å². The normalized spacial score (nSPS) is 12.5. The van der Waals surface area contributed by atoms with E-state index in [9.17, 15) is 18.5 Å². The number of carbonyl (C=O) groups is 1. The van der Waals surface area contributed by atoms with E-state index >= 15 is 0 Å². The Labute approximate surface area is 178 Å². The Balaban J connectivity index is 0.000000308. The van der Waals surface area contributed by atoms with Crippen molar-refractivity contribution < 1.29 is 18.5 Å². The molecule has 0 radical (unpaired) electrons. The molecule has 0 aliphatic heterocycles. The van der Waals surface area contributed by atoms with Gasteiger partial charge in [0.1, 0.15) is 21.0 Å². The van der Waals surface area contributed by atoms with E-state index in [1.54, 1.807) is 25.3 Å². The van der Waals surface area contributed by atoms with E-state index in [1.807, 2.05) is 27.7 Å². The maximum atomic E-state index is 13.5. The van der Waals surface area contributed by atoms with Gasteiger partial charge in [0.25, 0.3) is 0 Å². The Kier molecular flexibility index (Phi) is 8.95. The summed E-state index contributed by atoms with van der Waals surface area (Å²) in [5.74, 6) is -0.0532. The molecule has 1 aromatic carbocycles. The number of primary amides is 1. The highest BCUT2D eigenvalue weighted by Gasteiger charge is 2.18. The van der Waals surface area contributed by atoms with Gasteiger partial charge in [0.2, 0.25) is 0 Å². The van der Waals surface area contributed by atoms with Crippen molar-refractivity contribution in [3.63, 3.8) is 0 Å². The first-order valence-corrected chi connectivity index (χ1v) is 11.2. The van der Waals surface area contributed by atoms with E-state index in [-0.39, 0.29) is 17.7 Å². The third-order valence-corrected chi connectivity index (χ3v) is 6.15. The van der Waals surface area contributed by atoms with E-state index in [1.165, 1.54) is 23.5 Å². The maximum Gasteiger partial charge on any atom is 0.316 e. The van der Waals surface area contributed by atoms with Gasteiger partial charge in [0, 0.05) is 5.69 Å². The summed E-state index contributed by atoms with van der Waals surface area (Å²) in [4.78, 5) is 11.0. The van der Waals surface area contributed by atoms with Gasteiger partial charge in [-0.25, -0.2) is 18.5 Å². The van der Waals surface area contributed by atoms with Gasteiger partial charge in [0.15, 0.2) is 0 Å². The minimum atomic E-state index is -1.44. The summed E-state index contributed by atoms with van der Waals surface area (Å²) in [6.07, 6.45) is 0. The number of nitrogens with one attached hydrogen (secondary N) is 1. The Morgan fingerprint density at radius 3 is 1.93 bits per heavy atom. The number of aliphatic hydroxyl groups is 1. The fourth-order valence-electron chi connectivity index (χ4n) is 2.57. The zero-order chi connectivity index (χ0) is 22.5. The van der Waals surface area contributed by atoms with Crippen LogP contribution in [0.4, 0.5) is 14.9 Å². The number of nitrogens with two attached hydrogens (primary N) is 2. The fourth-order valence-corrected chi connectivity index (χ4v) is 4.13. The van der Waals surface area contributed by atoms with Crippen molar-refractivity contribution in [1.82, 2.24) is 0 Å². The molecule has 0 saturated carbocycles. The van der Waals surface area contributed by atoms with E-state index in [0.717, 1.165) is 16.7 Å². The van der Waals surface area contributed by atoms with Crippen LogP contribution < -0.4 is 16.2 Å². The molecule has 162 valence electrons. The molecule has 1 unspecified atom stereocenters. The van der Waals surface area contributed by atoms with Gasteiger partial charge >= 0.3 is 6.03 Å². The van der Waals surface area contributed by atoms with E-state index in [4.69, 9.17) is 10.9 Å². The van der Waals surface area contributed by atoms with Crippen molar-refractivity contribution in [2.24, 2.45) is 10.9 Å². The molecule has 6 nitrogen and oxygen atoms in total. The van der Waals surface area contributed by atoms with Crippen LogP contribution in [0.1, 0.15) is 70.1 Å². The predicted molar refractivity (Wildman–Crippen MR) is 118 cm³/mol. The average molecular weight is 444 g/mol. The number of urea groups is 1. The van der Waals surface area contributed by atoms with Crippen molar-refractivity contribution in [1.29, 1.82) is 0 Å². The van der Waals surface area contributed by atoms with Crippen molar-refractivity contribution in [2.75, 3.05) is 5.32 Å². The smallest absolute Gasteiger partial charge is 0.316 e. The minimum Gasteiger partial charge on any atom is -0.386 e. The molecule has 0 aliphatic rings. The third kappa shape index (κ3) is 7.50. The molecule has 0 fully saturated rings. The van der Waals surface area contributed by atoms with Gasteiger partial charge in [-0.1, -0.05) is 27.7 Å². The molecule has 0 aliphatic carbocycles. The lowest BCUT2D eigenvalue weighted by atomic mass is 9.92. The van der Waals surface area contributed by atoms with Gasteiger partial charge < -0.3 is 16.2 Å². The maximum absolute atomic E-state index is 13.5.